The Hall–Kier alpha value is -1.06. The molecule has 1 amide bonds. The standard InChI is InChI=1S/C14H23NO3/c1-3-15(12-7-5-4-6-9(12)2)13(16)10-8-11(10)14(17)18/h9-12H,3-8H2,1-2H3,(H,17,18). The number of nitrogens with zero attached hydrogens (tertiary/aromatic N) is 1. The van der Waals surface area contributed by atoms with E-state index in [0.29, 0.717) is 24.9 Å². The molecule has 0 aromatic heterocycles. The quantitative estimate of drug-likeness (QED) is 0.835. The summed E-state index contributed by atoms with van der Waals surface area (Å²) in [5.41, 5.74) is 0. The first-order valence-corrected chi connectivity index (χ1v) is 7.09. The molecular formula is C14H23NO3. The van der Waals surface area contributed by atoms with Crippen molar-refractivity contribution >= 4 is 11.9 Å². The van der Waals surface area contributed by atoms with E-state index in [-0.39, 0.29) is 11.8 Å². The molecule has 4 atom stereocenters. The maximum absolute atomic E-state index is 12.4. The molecule has 2 fully saturated rings. The average Bonchev–Trinajstić information content (AvgIpc) is 3.12. The van der Waals surface area contributed by atoms with Crippen LogP contribution >= 0.6 is 0 Å². The second-order valence-electron chi connectivity index (χ2n) is 5.74. The summed E-state index contributed by atoms with van der Waals surface area (Å²) >= 11 is 0. The molecule has 4 nitrogen and oxygen atoms in total. The molecule has 0 heterocycles. The van der Waals surface area contributed by atoms with Gasteiger partial charge in [-0.2, -0.15) is 0 Å². The Balaban J connectivity index is 2.00. The van der Waals surface area contributed by atoms with Gasteiger partial charge in [0.1, 0.15) is 0 Å². The fourth-order valence-corrected chi connectivity index (χ4v) is 3.27. The SMILES string of the molecule is CCN(C(=O)C1CC1C(=O)O)C1CCCCC1C. The monoisotopic (exact) mass is 253 g/mol. The third-order valence-electron chi connectivity index (χ3n) is 4.52. The minimum atomic E-state index is -0.818. The lowest BCUT2D eigenvalue weighted by Gasteiger charge is -2.38. The van der Waals surface area contributed by atoms with Gasteiger partial charge in [-0.25, -0.2) is 0 Å². The molecular weight excluding hydrogens is 230 g/mol. The van der Waals surface area contributed by atoms with E-state index in [1.165, 1.54) is 19.3 Å². The van der Waals surface area contributed by atoms with Gasteiger partial charge in [-0.3, -0.25) is 9.59 Å². The lowest BCUT2D eigenvalue weighted by molar-refractivity contribution is -0.143. The first-order chi connectivity index (χ1) is 8.56. The second kappa shape index (κ2) is 5.29. The van der Waals surface area contributed by atoms with Gasteiger partial charge in [0.15, 0.2) is 0 Å². The summed E-state index contributed by atoms with van der Waals surface area (Å²) in [5, 5.41) is 8.92. The van der Waals surface area contributed by atoms with Gasteiger partial charge in [-0.05, 0) is 32.1 Å². The number of hydrogen-bond donors (Lipinski definition) is 1. The topological polar surface area (TPSA) is 57.6 Å². The van der Waals surface area contributed by atoms with Crippen LogP contribution in [-0.2, 0) is 9.59 Å². The molecule has 0 saturated heterocycles. The van der Waals surface area contributed by atoms with Crippen LogP contribution < -0.4 is 0 Å². The second-order valence-corrected chi connectivity index (χ2v) is 5.74. The number of aliphatic carboxylic acids is 1. The van der Waals surface area contributed by atoms with Gasteiger partial charge in [0.2, 0.25) is 5.91 Å². The molecule has 102 valence electrons. The number of rotatable bonds is 4. The minimum absolute atomic E-state index is 0.0728. The van der Waals surface area contributed by atoms with Crippen molar-refractivity contribution in [1.29, 1.82) is 0 Å². The molecule has 2 aliphatic rings. The van der Waals surface area contributed by atoms with Crippen molar-refractivity contribution in [2.45, 2.75) is 52.0 Å². The lowest BCUT2D eigenvalue weighted by Crippen LogP contribution is -2.46. The predicted molar refractivity (Wildman–Crippen MR) is 68.0 cm³/mol. The zero-order valence-corrected chi connectivity index (χ0v) is 11.3. The molecule has 4 heteroatoms. The summed E-state index contributed by atoms with van der Waals surface area (Å²) in [6, 6.07) is 0.325. The first kappa shape index (κ1) is 13.4. The molecule has 18 heavy (non-hydrogen) atoms. The van der Waals surface area contributed by atoms with Crippen molar-refractivity contribution < 1.29 is 14.7 Å². The van der Waals surface area contributed by atoms with E-state index < -0.39 is 11.9 Å². The van der Waals surface area contributed by atoms with Gasteiger partial charge >= 0.3 is 5.97 Å². The van der Waals surface area contributed by atoms with Crippen LogP contribution in [0, 0.1) is 17.8 Å². The minimum Gasteiger partial charge on any atom is -0.481 e. The highest BCUT2D eigenvalue weighted by Gasteiger charge is 2.50. The summed E-state index contributed by atoms with van der Waals surface area (Å²) in [5.74, 6) is -0.878. The first-order valence-electron chi connectivity index (χ1n) is 7.09. The number of amides is 1. The highest BCUT2D eigenvalue weighted by atomic mass is 16.4. The zero-order valence-electron chi connectivity index (χ0n) is 11.3. The fourth-order valence-electron chi connectivity index (χ4n) is 3.27. The van der Waals surface area contributed by atoms with Crippen molar-refractivity contribution in [2.75, 3.05) is 6.54 Å². The Morgan fingerprint density at radius 1 is 1.22 bits per heavy atom. The van der Waals surface area contributed by atoms with Crippen LogP contribution in [0.4, 0.5) is 0 Å². The van der Waals surface area contributed by atoms with Crippen LogP contribution in [0.5, 0.6) is 0 Å². The van der Waals surface area contributed by atoms with Gasteiger partial charge in [0, 0.05) is 12.6 Å². The van der Waals surface area contributed by atoms with Gasteiger partial charge < -0.3 is 10.0 Å². The number of carbonyl (C=O) groups is 2. The van der Waals surface area contributed by atoms with Crippen molar-refractivity contribution in [1.82, 2.24) is 4.90 Å². The summed E-state index contributed by atoms with van der Waals surface area (Å²) in [4.78, 5) is 25.2. The zero-order chi connectivity index (χ0) is 13.3. The third-order valence-corrected chi connectivity index (χ3v) is 4.52. The van der Waals surface area contributed by atoms with Crippen LogP contribution in [0.2, 0.25) is 0 Å². The maximum atomic E-state index is 12.4. The molecule has 1 N–H and O–H groups in total. The highest BCUT2D eigenvalue weighted by molar-refractivity contribution is 5.89. The van der Waals surface area contributed by atoms with E-state index in [9.17, 15) is 9.59 Å². The van der Waals surface area contributed by atoms with Gasteiger partial charge in [0.05, 0.1) is 11.8 Å². The normalized spacial score (nSPS) is 35.0. The lowest BCUT2D eigenvalue weighted by atomic mass is 9.84. The van der Waals surface area contributed by atoms with Crippen molar-refractivity contribution in [3.63, 3.8) is 0 Å². The molecule has 0 bridgehead atoms. The van der Waals surface area contributed by atoms with E-state index in [1.54, 1.807) is 0 Å². The van der Waals surface area contributed by atoms with E-state index >= 15 is 0 Å². The number of carbonyl (C=O) groups excluding carboxylic acids is 1. The van der Waals surface area contributed by atoms with Crippen molar-refractivity contribution in [3.05, 3.63) is 0 Å². The van der Waals surface area contributed by atoms with Crippen molar-refractivity contribution in [3.8, 4) is 0 Å². The van der Waals surface area contributed by atoms with Crippen LogP contribution in [-0.4, -0.2) is 34.5 Å². The van der Waals surface area contributed by atoms with Gasteiger partial charge in [-0.1, -0.05) is 19.8 Å². The van der Waals surface area contributed by atoms with Crippen LogP contribution in [0.3, 0.4) is 0 Å². The molecule has 0 aromatic carbocycles. The van der Waals surface area contributed by atoms with E-state index in [0.717, 1.165) is 6.42 Å². The van der Waals surface area contributed by atoms with Crippen LogP contribution in [0.15, 0.2) is 0 Å². The van der Waals surface area contributed by atoms with Crippen LogP contribution in [0.25, 0.3) is 0 Å². The summed E-state index contributed by atoms with van der Waals surface area (Å²) in [6.07, 6.45) is 5.23. The Morgan fingerprint density at radius 2 is 1.89 bits per heavy atom. The molecule has 4 unspecified atom stereocenters. The summed E-state index contributed by atoms with van der Waals surface area (Å²) in [7, 11) is 0. The molecule has 2 aliphatic carbocycles. The van der Waals surface area contributed by atoms with Crippen LogP contribution in [0.1, 0.15) is 46.0 Å². The third kappa shape index (κ3) is 2.52. The Kier molecular flexibility index (Phi) is 3.93. The van der Waals surface area contributed by atoms with E-state index in [4.69, 9.17) is 5.11 Å². The molecule has 0 aromatic rings. The fraction of sp³-hybridized carbons (Fsp3) is 0.857. The predicted octanol–water partition coefficient (Wildman–Crippen LogP) is 2.13. The Morgan fingerprint density at radius 3 is 2.39 bits per heavy atom. The molecule has 2 saturated carbocycles. The highest BCUT2D eigenvalue weighted by Crippen LogP contribution is 2.41. The Bertz CT molecular complexity index is 342. The van der Waals surface area contributed by atoms with E-state index in [1.807, 2.05) is 11.8 Å². The summed E-state index contributed by atoms with van der Waals surface area (Å²) < 4.78 is 0. The Labute approximate surface area is 108 Å². The summed E-state index contributed by atoms with van der Waals surface area (Å²) in [6.45, 7) is 4.91. The largest absolute Gasteiger partial charge is 0.481 e. The van der Waals surface area contributed by atoms with E-state index in [2.05, 4.69) is 6.92 Å². The molecule has 0 spiro atoms. The van der Waals surface area contributed by atoms with Gasteiger partial charge in [-0.15, -0.1) is 0 Å². The van der Waals surface area contributed by atoms with Gasteiger partial charge in [0.25, 0.3) is 0 Å². The number of hydrogen-bond acceptors (Lipinski definition) is 2. The molecule has 2 rings (SSSR count). The van der Waals surface area contributed by atoms with Crippen molar-refractivity contribution in [2.24, 2.45) is 17.8 Å². The maximum Gasteiger partial charge on any atom is 0.307 e. The number of carboxylic acids is 1. The molecule has 0 radical (unpaired) electrons. The number of carboxylic acid groups (broad SMARTS) is 1. The smallest absolute Gasteiger partial charge is 0.307 e. The average molecular weight is 253 g/mol. The molecule has 0 aliphatic heterocycles.